The molecule has 3 rings (SSSR count). The lowest BCUT2D eigenvalue weighted by molar-refractivity contribution is 0.468. The predicted molar refractivity (Wildman–Crippen MR) is 101 cm³/mol. The first-order chi connectivity index (χ1) is 11.9. The van der Waals surface area contributed by atoms with Crippen molar-refractivity contribution in [2.24, 2.45) is 0 Å². The van der Waals surface area contributed by atoms with Crippen LogP contribution in [0.4, 0.5) is 0 Å². The highest BCUT2D eigenvalue weighted by Gasteiger charge is 2.13. The van der Waals surface area contributed by atoms with Crippen molar-refractivity contribution in [2.45, 2.75) is 26.4 Å². The minimum atomic E-state index is -0.449. The minimum Gasteiger partial charge on any atom is -0.508 e. The van der Waals surface area contributed by atoms with Gasteiger partial charge in [-0.2, -0.15) is 0 Å². The lowest BCUT2D eigenvalue weighted by atomic mass is 10.0. The third-order valence-corrected chi connectivity index (χ3v) is 4.81. The van der Waals surface area contributed by atoms with E-state index in [9.17, 15) is 9.90 Å². The first kappa shape index (κ1) is 17.8. The topological polar surface area (TPSA) is 62.5 Å². The van der Waals surface area contributed by atoms with Crippen LogP contribution in [0.15, 0.2) is 45.6 Å². The second-order valence-electron chi connectivity index (χ2n) is 5.95. The van der Waals surface area contributed by atoms with Crippen molar-refractivity contribution in [2.75, 3.05) is 0 Å². The van der Waals surface area contributed by atoms with E-state index in [1.54, 1.807) is 31.2 Å². The van der Waals surface area contributed by atoms with Gasteiger partial charge in [0.25, 0.3) is 0 Å². The van der Waals surface area contributed by atoms with Gasteiger partial charge in [0.1, 0.15) is 11.3 Å². The van der Waals surface area contributed by atoms with Crippen molar-refractivity contribution < 1.29 is 9.52 Å². The van der Waals surface area contributed by atoms with E-state index in [-0.39, 0.29) is 11.8 Å². The van der Waals surface area contributed by atoms with Crippen LogP contribution < -0.4 is 10.9 Å². The zero-order chi connectivity index (χ0) is 18.1. The van der Waals surface area contributed by atoms with Crippen molar-refractivity contribution in [3.8, 4) is 5.75 Å². The first-order valence-corrected chi connectivity index (χ1v) is 8.56. The quantitative estimate of drug-likeness (QED) is 0.630. The Bertz CT molecular complexity index is 998. The lowest BCUT2D eigenvalue weighted by Gasteiger charge is -2.17. The molecule has 0 aliphatic carbocycles. The fourth-order valence-corrected chi connectivity index (χ4v) is 3.36. The Morgan fingerprint density at radius 3 is 2.68 bits per heavy atom. The Morgan fingerprint density at radius 1 is 1.20 bits per heavy atom. The fourth-order valence-electron chi connectivity index (χ4n) is 2.79. The Hall–Kier alpha value is -2.01. The average molecular weight is 378 g/mol. The standard InChI is InChI=1S/C19H17Cl2NO3/c1-10-17(23)6-5-15-12(7-18(24)25-19(10)15)9-22-11(2)14-4-3-13(20)8-16(14)21/h3-8,11,22-23H,9H2,1-2H3/t11-/m1/s1. The number of phenolic OH excluding ortho intramolecular Hbond substituents is 1. The Labute approximate surface area is 155 Å². The zero-order valence-corrected chi connectivity index (χ0v) is 15.3. The molecule has 6 heteroatoms. The summed E-state index contributed by atoms with van der Waals surface area (Å²) < 4.78 is 5.26. The van der Waals surface area contributed by atoms with Gasteiger partial charge in [0.05, 0.1) is 0 Å². The van der Waals surface area contributed by atoms with E-state index in [4.69, 9.17) is 27.6 Å². The third kappa shape index (κ3) is 3.66. The molecule has 0 radical (unpaired) electrons. The molecule has 1 aromatic heterocycles. The van der Waals surface area contributed by atoms with Crippen LogP contribution >= 0.6 is 23.2 Å². The van der Waals surface area contributed by atoms with Crippen LogP contribution in [0.1, 0.15) is 29.7 Å². The summed E-state index contributed by atoms with van der Waals surface area (Å²) in [6.07, 6.45) is 0. The summed E-state index contributed by atoms with van der Waals surface area (Å²) in [5.41, 5.74) is 2.22. The summed E-state index contributed by atoms with van der Waals surface area (Å²) in [5.74, 6) is 0.0991. The Morgan fingerprint density at radius 2 is 1.96 bits per heavy atom. The Kier molecular flexibility index (Phi) is 5.04. The van der Waals surface area contributed by atoms with E-state index >= 15 is 0 Å². The number of hydrogen-bond donors (Lipinski definition) is 2. The first-order valence-electron chi connectivity index (χ1n) is 7.80. The van der Waals surface area contributed by atoms with Crippen molar-refractivity contribution in [3.63, 3.8) is 0 Å². The highest BCUT2D eigenvalue weighted by atomic mass is 35.5. The molecule has 0 fully saturated rings. The number of fused-ring (bicyclic) bond motifs is 1. The monoisotopic (exact) mass is 377 g/mol. The summed E-state index contributed by atoms with van der Waals surface area (Å²) in [4.78, 5) is 11.9. The van der Waals surface area contributed by atoms with Crippen LogP contribution in [0.25, 0.3) is 11.0 Å². The van der Waals surface area contributed by atoms with E-state index < -0.39 is 5.63 Å². The molecule has 0 spiro atoms. The van der Waals surface area contributed by atoms with Crippen molar-refractivity contribution >= 4 is 34.2 Å². The number of aromatic hydroxyl groups is 1. The van der Waals surface area contributed by atoms with Crippen molar-refractivity contribution in [1.29, 1.82) is 0 Å². The molecule has 130 valence electrons. The van der Waals surface area contributed by atoms with Gasteiger partial charge >= 0.3 is 5.63 Å². The van der Waals surface area contributed by atoms with Gasteiger partial charge in [0.15, 0.2) is 0 Å². The fraction of sp³-hybridized carbons (Fsp3) is 0.211. The molecule has 0 unspecified atom stereocenters. The molecule has 2 aromatic carbocycles. The number of rotatable bonds is 4. The molecule has 4 nitrogen and oxygen atoms in total. The van der Waals surface area contributed by atoms with Crippen molar-refractivity contribution in [1.82, 2.24) is 5.32 Å². The molecule has 1 heterocycles. The summed E-state index contributed by atoms with van der Waals surface area (Å²) in [5, 5.41) is 15.1. The van der Waals surface area contributed by atoms with E-state index in [1.165, 1.54) is 6.07 Å². The maximum atomic E-state index is 11.9. The maximum absolute atomic E-state index is 11.9. The van der Waals surface area contributed by atoms with Crippen LogP contribution in [0.5, 0.6) is 5.75 Å². The number of nitrogens with one attached hydrogen (secondary N) is 1. The number of halogens is 2. The molecular weight excluding hydrogens is 361 g/mol. The number of phenols is 1. The molecule has 0 saturated heterocycles. The number of hydrogen-bond acceptors (Lipinski definition) is 4. The average Bonchev–Trinajstić information content (AvgIpc) is 2.56. The van der Waals surface area contributed by atoms with E-state index in [1.807, 2.05) is 13.0 Å². The van der Waals surface area contributed by atoms with Gasteiger partial charge in [-0.3, -0.25) is 0 Å². The Balaban J connectivity index is 1.90. The van der Waals surface area contributed by atoms with Crippen LogP contribution in [-0.2, 0) is 6.54 Å². The van der Waals surface area contributed by atoms with E-state index in [0.717, 1.165) is 16.5 Å². The molecule has 2 N–H and O–H groups in total. The van der Waals surface area contributed by atoms with Gasteiger partial charge in [0.2, 0.25) is 0 Å². The zero-order valence-electron chi connectivity index (χ0n) is 13.8. The highest BCUT2D eigenvalue weighted by molar-refractivity contribution is 6.35. The predicted octanol–water partition coefficient (Wildman–Crippen LogP) is 4.96. The molecule has 0 amide bonds. The highest BCUT2D eigenvalue weighted by Crippen LogP contribution is 2.29. The van der Waals surface area contributed by atoms with E-state index in [2.05, 4.69) is 5.32 Å². The normalized spacial score (nSPS) is 12.5. The molecule has 0 saturated carbocycles. The number of benzene rings is 2. The van der Waals surface area contributed by atoms with Gasteiger partial charge in [0, 0.05) is 39.6 Å². The molecule has 3 aromatic rings. The second kappa shape index (κ2) is 7.08. The van der Waals surface area contributed by atoms with Gasteiger partial charge < -0.3 is 14.8 Å². The van der Waals surface area contributed by atoms with Crippen LogP contribution in [0, 0.1) is 6.92 Å². The lowest BCUT2D eigenvalue weighted by Crippen LogP contribution is -2.19. The third-order valence-electron chi connectivity index (χ3n) is 4.25. The van der Waals surface area contributed by atoms with Crippen LogP contribution in [-0.4, -0.2) is 5.11 Å². The molecule has 1 atom stereocenters. The minimum absolute atomic E-state index is 0.0368. The van der Waals surface area contributed by atoms with Gasteiger partial charge in [-0.1, -0.05) is 29.3 Å². The smallest absolute Gasteiger partial charge is 0.336 e. The number of aryl methyl sites for hydroxylation is 1. The van der Waals surface area contributed by atoms with Gasteiger partial charge in [-0.25, -0.2) is 4.79 Å². The summed E-state index contributed by atoms with van der Waals surface area (Å²) in [7, 11) is 0. The molecule has 0 aliphatic heterocycles. The molecule has 0 aliphatic rings. The van der Waals surface area contributed by atoms with Gasteiger partial charge in [-0.15, -0.1) is 0 Å². The largest absolute Gasteiger partial charge is 0.508 e. The maximum Gasteiger partial charge on any atom is 0.336 e. The van der Waals surface area contributed by atoms with Crippen molar-refractivity contribution in [3.05, 3.63) is 73.6 Å². The second-order valence-corrected chi connectivity index (χ2v) is 6.79. The summed E-state index contributed by atoms with van der Waals surface area (Å²) in [6.45, 7) is 4.15. The SMILES string of the molecule is Cc1c(O)ccc2c(CN[C@H](C)c3ccc(Cl)cc3Cl)cc(=O)oc12. The van der Waals surface area contributed by atoms with Crippen LogP contribution in [0.2, 0.25) is 10.0 Å². The molecule has 25 heavy (non-hydrogen) atoms. The molecular formula is C19H17Cl2NO3. The molecule has 0 bridgehead atoms. The van der Waals surface area contributed by atoms with E-state index in [0.29, 0.717) is 27.7 Å². The summed E-state index contributed by atoms with van der Waals surface area (Å²) >= 11 is 12.2. The van der Waals surface area contributed by atoms with Gasteiger partial charge in [-0.05, 0) is 49.2 Å². The van der Waals surface area contributed by atoms with Crippen LogP contribution in [0.3, 0.4) is 0 Å². The summed E-state index contributed by atoms with van der Waals surface area (Å²) in [6, 6.07) is 10.1.